The minimum atomic E-state index is -3.75. The first-order valence-corrected chi connectivity index (χ1v) is 10.4. The number of ether oxygens (including phenoxy) is 1. The Kier molecular flexibility index (Phi) is 7.25. The molecule has 140 valence electrons. The summed E-state index contributed by atoms with van der Waals surface area (Å²) in [7, 11) is -2.23. The lowest BCUT2D eigenvalue weighted by Gasteiger charge is -2.23. The standard InChI is InChI=1S/C18H28N2O4S/c1-14(18(21)19-15-8-6-4-3-5-7-9-15)20-25(22,23)17-12-10-16(24-2)11-13-17/h10-15,20H,3-9H2,1-2H3,(H,19,21)/t14-/m1/s1. The van der Waals surface area contributed by atoms with Crippen LogP contribution in [0.25, 0.3) is 0 Å². The predicted molar refractivity (Wildman–Crippen MR) is 97.0 cm³/mol. The minimum absolute atomic E-state index is 0.110. The van der Waals surface area contributed by atoms with E-state index >= 15 is 0 Å². The molecule has 7 heteroatoms. The molecule has 25 heavy (non-hydrogen) atoms. The van der Waals surface area contributed by atoms with Gasteiger partial charge in [-0.3, -0.25) is 4.79 Å². The smallest absolute Gasteiger partial charge is 0.241 e. The molecule has 1 aliphatic carbocycles. The quantitative estimate of drug-likeness (QED) is 0.808. The van der Waals surface area contributed by atoms with Gasteiger partial charge in [-0.25, -0.2) is 8.42 Å². The van der Waals surface area contributed by atoms with Gasteiger partial charge in [0.15, 0.2) is 0 Å². The van der Waals surface area contributed by atoms with Crippen molar-refractivity contribution in [2.45, 2.75) is 68.8 Å². The summed E-state index contributed by atoms with van der Waals surface area (Å²) in [5, 5.41) is 2.99. The molecule has 0 bridgehead atoms. The van der Waals surface area contributed by atoms with Crippen LogP contribution in [-0.4, -0.2) is 33.5 Å². The Bertz CT molecular complexity index is 650. The third-order valence-corrected chi connectivity index (χ3v) is 6.10. The van der Waals surface area contributed by atoms with Crippen LogP contribution in [0.15, 0.2) is 29.2 Å². The van der Waals surface area contributed by atoms with Crippen LogP contribution in [-0.2, 0) is 14.8 Å². The second-order valence-electron chi connectivity index (χ2n) is 6.57. The normalized spacial score (nSPS) is 18.0. The number of amides is 1. The fourth-order valence-corrected chi connectivity index (χ4v) is 4.24. The molecule has 1 aromatic rings. The highest BCUT2D eigenvalue weighted by atomic mass is 32.2. The van der Waals surface area contributed by atoms with E-state index in [0.717, 1.165) is 25.7 Å². The molecule has 0 unspecified atom stereocenters. The van der Waals surface area contributed by atoms with E-state index in [1.54, 1.807) is 19.1 Å². The molecule has 1 aromatic carbocycles. The lowest BCUT2D eigenvalue weighted by molar-refractivity contribution is -0.123. The van der Waals surface area contributed by atoms with E-state index in [9.17, 15) is 13.2 Å². The van der Waals surface area contributed by atoms with Crippen molar-refractivity contribution in [1.82, 2.24) is 10.0 Å². The summed E-state index contributed by atoms with van der Waals surface area (Å²) in [5.74, 6) is 0.302. The fourth-order valence-electron chi connectivity index (χ4n) is 3.04. The van der Waals surface area contributed by atoms with E-state index in [-0.39, 0.29) is 16.8 Å². The first-order valence-electron chi connectivity index (χ1n) is 8.89. The van der Waals surface area contributed by atoms with E-state index in [4.69, 9.17) is 4.74 Å². The van der Waals surface area contributed by atoms with Gasteiger partial charge in [-0.15, -0.1) is 0 Å². The molecule has 0 radical (unpaired) electrons. The highest BCUT2D eigenvalue weighted by Crippen LogP contribution is 2.18. The Morgan fingerprint density at radius 3 is 2.20 bits per heavy atom. The summed E-state index contributed by atoms with van der Waals surface area (Å²) >= 11 is 0. The molecule has 0 aromatic heterocycles. The maximum absolute atomic E-state index is 12.4. The Morgan fingerprint density at radius 2 is 1.64 bits per heavy atom. The average molecular weight is 368 g/mol. The molecule has 0 aliphatic heterocycles. The topological polar surface area (TPSA) is 84.5 Å². The fraction of sp³-hybridized carbons (Fsp3) is 0.611. The molecule has 1 aliphatic rings. The summed E-state index contributed by atoms with van der Waals surface area (Å²) in [6.07, 6.45) is 7.80. The Labute approximate surface area is 150 Å². The summed E-state index contributed by atoms with van der Waals surface area (Å²) in [5.41, 5.74) is 0. The molecule has 6 nitrogen and oxygen atoms in total. The van der Waals surface area contributed by atoms with Gasteiger partial charge in [-0.1, -0.05) is 32.1 Å². The van der Waals surface area contributed by atoms with E-state index in [1.165, 1.54) is 38.5 Å². The third kappa shape index (κ3) is 6.01. The molecule has 2 N–H and O–H groups in total. The van der Waals surface area contributed by atoms with Crippen molar-refractivity contribution in [3.05, 3.63) is 24.3 Å². The highest BCUT2D eigenvalue weighted by Gasteiger charge is 2.24. The Morgan fingerprint density at radius 1 is 1.08 bits per heavy atom. The predicted octanol–water partition coefficient (Wildman–Crippen LogP) is 2.59. The van der Waals surface area contributed by atoms with Crippen molar-refractivity contribution in [3.8, 4) is 5.75 Å². The second kappa shape index (κ2) is 9.20. The van der Waals surface area contributed by atoms with Gasteiger partial charge in [-0.05, 0) is 44.0 Å². The molecular formula is C18H28N2O4S. The number of carbonyl (C=O) groups excluding carboxylic acids is 1. The Hall–Kier alpha value is -1.60. The number of benzene rings is 1. The second-order valence-corrected chi connectivity index (χ2v) is 8.28. The zero-order chi connectivity index (χ0) is 18.3. The summed E-state index contributed by atoms with van der Waals surface area (Å²) in [4.78, 5) is 12.5. The molecule has 0 saturated heterocycles. The van der Waals surface area contributed by atoms with Gasteiger partial charge in [0.1, 0.15) is 5.75 Å². The number of hydrogen-bond acceptors (Lipinski definition) is 4. The van der Waals surface area contributed by atoms with Crippen molar-refractivity contribution < 1.29 is 17.9 Å². The van der Waals surface area contributed by atoms with E-state index in [0.29, 0.717) is 5.75 Å². The van der Waals surface area contributed by atoms with Gasteiger partial charge in [0.2, 0.25) is 15.9 Å². The number of sulfonamides is 1. The number of nitrogens with one attached hydrogen (secondary N) is 2. The monoisotopic (exact) mass is 368 g/mol. The van der Waals surface area contributed by atoms with Gasteiger partial charge in [0.05, 0.1) is 18.0 Å². The SMILES string of the molecule is COc1ccc(S(=O)(=O)N[C@H](C)C(=O)NC2CCCCCCC2)cc1. The van der Waals surface area contributed by atoms with Crippen LogP contribution in [0.5, 0.6) is 5.75 Å². The maximum atomic E-state index is 12.4. The van der Waals surface area contributed by atoms with Crippen LogP contribution < -0.4 is 14.8 Å². The molecule has 0 spiro atoms. The van der Waals surface area contributed by atoms with Crippen LogP contribution in [0.4, 0.5) is 0 Å². The van der Waals surface area contributed by atoms with Crippen LogP contribution in [0.1, 0.15) is 51.9 Å². The molecular weight excluding hydrogens is 340 g/mol. The first kappa shape index (κ1) is 19.7. The minimum Gasteiger partial charge on any atom is -0.497 e. The summed E-state index contributed by atoms with van der Waals surface area (Å²) in [6.45, 7) is 1.57. The molecule has 1 saturated carbocycles. The number of rotatable bonds is 6. The average Bonchev–Trinajstić information content (AvgIpc) is 2.56. The number of carbonyl (C=O) groups is 1. The molecule has 1 amide bonds. The van der Waals surface area contributed by atoms with Crippen LogP contribution >= 0.6 is 0 Å². The van der Waals surface area contributed by atoms with Crippen molar-refractivity contribution in [3.63, 3.8) is 0 Å². The lowest BCUT2D eigenvalue weighted by Crippen LogP contribution is -2.48. The van der Waals surface area contributed by atoms with Crippen molar-refractivity contribution >= 4 is 15.9 Å². The maximum Gasteiger partial charge on any atom is 0.241 e. The zero-order valence-electron chi connectivity index (χ0n) is 15.0. The van der Waals surface area contributed by atoms with Crippen LogP contribution in [0.3, 0.4) is 0 Å². The van der Waals surface area contributed by atoms with Gasteiger partial charge in [0.25, 0.3) is 0 Å². The van der Waals surface area contributed by atoms with E-state index in [2.05, 4.69) is 10.0 Å². The zero-order valence-corrected chi connectivity index (χ0v) is 15.8. The van der Waals surface area contributed by atoms with E-state index < -0.39 is 16.1 Å². The summed E-state index contributed by atoms with van der Waals surface area (Å²) in [6, 6.07) is 5.39. The lowest BCUT2D eigenvalue weighted by atomic mass is 9.96. The van der Waals surface area contributed by atoms with Crippen molar-refractivity contribution in [1.29, 1.82) is 0 Å². The van der Waals surface area contributed by atoms with Gasteiger partial charge in [0, 0.05) is 6.04 Å². The molecule has 2 rings (SSSR count). The van der Waals surface area contributed by atoms with Crippen molar-refractivity contribution in [2.75, 3.05) is 7.11 Å². The third-order valence-electron chi connectivity index (χ3n) is 4.55. The van der Waals surface area contributed by atoms with Gasteiger partial charge in [-0.2, -0.15) is 4.72 Å². The van der Waals surface area contributed by atoms with Crippen LogP contribution in [0.2, 0.25) is 0 Å². The molecule has 1 fully saturated rings. The van der Waals surface area contributed by atoms with Gasteiger partial charge >= 0.3 is 0 Å². The number of hydrogen-bond donors (Lipinski definition) is 2. The molecule has 0 heterocycles. The van der Waals surface area contributed by atoms with Crippen LogP contribution in [0, 0.1) is 0 Å². The van der Waals surface area contributed by atoms with Gasteiger partial charge < -0.3 is 10.1 Å². The molecule has 1 atom stereocenters. The van der Waals surface area contributed by atoms with Crippen molar-refractivity contribution in [2.24, 2.45) is 0 Å². The first-order chi connectivity index (χ1) is 11.9. The highest BCUT2D eigenvalue weighted by molar-refractivity contribution is 7.89. The summed E-state index contributed by atoms with van der Waals surface area (Å²) < 4.78 is 32.3. The largest absolute Gasteiger partial charge is 0.497 e. The Balaban J connectivity index is 1.94. The number of methoxy groups -OCH3 is 1. The van der Waals surface area contributed by atoms with E-state index in [1.807, 2.05) is 0 Å².